The summed E-state index contributed by atoms with van der Waals surface area (Å²) in [5, 5.41) is 3.07. The van der Waals surface area contributed by atoms with Crippen LogP contribution in [0.1, 0.15) is 19.8 Å². The lowest BCUT2D eigenvalue weighted by molar-refractivity contribution is -0.182. The van der Waals surface area contributed by atoms with E-state index in [4.69, 9.17) is 0 Å². The quantitative estimate of drug-likeness (QED) is 0.788. The van der Waals surface area contributed by atoms with Gasteiger partial charge in [0.2, 0.25) is 0 Å². The molecule has 1 amide bonds. The molecule has 3 nitrogen and oxygen atoms in total. The second-order valence-corrected chi connectivity index (χ2v) is 4.12. The average molecular weight is 262 g/mol. The van der Waals surface area contributed by atoms with Crippen molar-refractivity contribution in [2.75, 3.05) is 13.1 Å². The average Bonchev–Trinajstić information content (AvgIpc) is 2.78. The number of amides is 1. The molecule has 1 aliphatic rings. The SMILES string of the molecule is C/C=C\C=C/N(C[C@@H]1CCCN1)C(=O)C(F)(F)F. The molecule has 1 atom stereocenters. The first-order chi connectivity index (χ1) is 8.45. The second kappa shape index (κ2) is 6.58. The topological polar surface area (TPSA) is 32.3 Å². The summed E-state index contributed by atoms with van der Waals surface area (Å²) in [5.41, 5.74) is 0. The maximum atomic E-state index is 12.4. The number of hydrogen-bond donors (Lipinski definition) is 1. The van der Waals surface area contributed by atoms with Gasteiger partial charge in [0.25, 0.3) is 0 Å². The maximum absolute atomic E-state index is 12.4. The van der Waals surface area contributed by atoms with Crippen LogP contribution >= 0.6 is 0 Å². The summed E-state index contributed by atoms with van der Waals surface area (Å²) in [6.07, 6.45) is 2.75. The molecular formula is C12H17F3N2O. The van der Waals surface area contributed by atoms with E-state index in [1.807, 2.05) is 0 Å². The Morgan fingerprint density at radius 3 is 2.67 bits per heavy atom. The fourth-order valence-electron chi connectivity index (χ4n) is 1.79. The molecule has 0 radical (unpaired) electrons. The number of carbonyl (C=O) groups excluding carboxylic acids is 1. The van der Waals surface area contributed by atoms with E-state index in [1.54, 1.807) is 19.1 Å². The van der Waals surface area contributed by atoms with Crippen LogP contribution in [0, 0.1) is 0 Å². The Morgan fingerprint density at radius 1 is 1.44 bits per heavy atom. The van der Waals surface area contributed by atoms with Gasteiger partial charge in [0.05, 0.1) is 0 Å². The van der Waals surface area contributed by atoms with E-state index in [-0.39, 0.29) is 12.6 Å². The number of alkyl halides is 3. The van der Waals surface area contributed by atoms with Gasteiger partial charge in [-0.25, -0.2) is 0 Å². The number of carbonyl (C=O) groups is 1. The van der Waals surface area contributed by atoms with Crippen molar-refractivity contribution in [2.24, 2.45) is 0 Å². The summed E-state index contributed by atoms with van der Waals surface area (Å²) in [5.74, 6) is -1.82. The molecule has 0 bridgehead atoms. The minimum absolute atomic E-state index is 0.0480. The van der Waals surface area contributed by atoms with Crippen LogP contribution in [0.4, 0.5) is 13.2 Å². The first kappa shape index (κ1) is 14.8. The van der Waals surface area contributed by atoms with E-state index in [9.17, 15) is 18.0 Å². The third-order valence-corrected chi connectivity index (χ3v) is 2.65. The molecule has 0 saturated carbocycles. The van der Waals surface area contributed by atoms with Crippen molar-refractivity contribution in [1.82, 2.24) is 10.2 Å². The predicted molar refractivity (Wildman–Crippen MR) is 62.7 cm³/mol. The van der Waals surface area contributed by atoms with E-state index < -0.39 is 12.1 Å². The van der Waals surface area contributed by atoms with Crippen molar-refractivity contribution in [1.29, 1.82) is 0 Å². The van der Waals surface area contributed by atoms with E-state index >= 15 is 0 Å². The molecule has 0 aromatic rings. The summed E-state index contributed by atoms with van der Waals surface area (Å²) in [4.78, 5) is 12.0. The lowest BCUT2D eigenvalue weighted by Gasteiger charge is -2.23. The highest BCUT2D eigenvalue weighted by atomic mass is 19.4. The van der Waals surface area contributed by atoms with Gasteiger partial charge in [-0.3, -0.25) is 4.79 Å². The van der Waals surface area contributed by atoms with Crippen LogP contribution in [0.25, 0.3) is 0 Å². The number of halogens is 3. The van der Waals surface area contributed by atoms with Crippen LogP contribution < -0.4 is 5.32 Å². The first-order valence-corrected chi connectivity index (χ1v) is 5.86. The van der Waals surface area contributed by atoms with Crippen molar-refractivity contribution in [3.05, 3.63) is 24.4 Å². The summed E-state index contributed by atoms with van der Waals surface area (Å²) in [6, 6.07) is -0.0634. The molecule has 1 aliphatic heterocycles. The van der Waals surface area contributed by atoms with Crippen LogP contribution in [-0.4, -0.2) is 36.1 Å². The highest BCUT2D eigenvalue weighted by Gasteiger charge is 2.42. The molecule has 18 heavy (non-hydrogen) atoms. The molecule has 6 heteroatoms. The molecule has 0 unspecified atom stereocenters. The first-order valence-electron chi connectivity index (χ1n) is 5.86. The molecule has 1 heterocycles. The Balaban J connectivity index is 2.70. The summed E-state index contributed by atoms with van der Waals surface area (Å²) >= 11 is 0. The van der Waals surface area contributed by atoms with Gasteiger partial charge in [-0.1, -0.05) is 12.2 Å². The predicted octanol–water partition coefficient (Wildman–Crippen LogP) is 2.22. The van der Waals surface area contributed by atoms with Crippen LogP contribution in [0.5, 0.6) is 0 Å². The zero-order valence-corrected chi connectivity index (χ0v) is 10.2. The zero-order valence-electron chi connectivity index (χ0n) is 10.2. The normalized spacial score (nSPS) is 21.0. The van der Waals surface area contributed by atoms with Gasteiger partial charge in [-0.15, -0.1) is 0 Å². The molecule has 0 aromatic carbocycles. The van der Waals surface area contributed by atoms with Crippen molar-refractivity contribution < 1.29 is 18.0 Å². The molecule has 1 fully saturated rings. The fourth-order valence-corrected chi connectivity index (χ4v) is 1.79. The largest absolute Gasteiger partial charge is 0.471 e. The van der Waals surface area contributed by atoms with Gasteiger partial charge in [-0.2, -0.15) is 13.2 Å². The Kier molecular flexibility index (Phi) is 5.40. The molecule has 0 spiro atoms. The number of nitrogens with zero attached hydrogens (tertiary/aromatic N) is 1. The Labute approximate surface area is 104 Å². The highest BCUT2D eigenvalue weighted by molar-refractivity contribution is 5.82. The van der Waals surface area contributed by atoms with Crippen LogP contribution in [0.3, 0.4) is 0 Å². The lowest BCUT2D eigenvalue weighted by atomic mass is 10.2. The molecular weight excluding hydrogens is 245 g/mol. The Morgan fingerprint density at radius 2 is 2.17 bits per heavy atom. The smallest absolute Gasteiger partial charge is 0.312 e. The Hall–Kier alpha value is -1.30. The number of nitrogens with one attached hydrogen (secondary N) is 1. The van der Waals surface area contributed by atoms with E-state index in [1.165, 1.54) is 12.3 Å². The highest BCUT2D eigenvalue weighted by Crippen LogP contribution is 2.20. The molecule has 1 rings (SSSR count). The van der Waals surface area contributed by atoms with Gasteiger partial charge in [0.1, 0.15) is 0 Å². The Bertz CT molecular complexity index is 331. The van der Waals surface area contributed by atoms with Crippen LogP contribution in [0.2, 0.25) is 0 Å². The molecule has 1 saturated heterocycles. The van der Waals surface area contributed by atoms with Gasteiger partial charge >= 0.3 is 12.1 Å². The third-order valence-electron chi connectivity index (χ3n) is 2.65. The summed E-state index contributed by atoms with van der Waals surface area (Å²) < 4.78 is 37.3. The zero-order chi connectivity index (χ0) is 13.6. The summed E-state index contributed by atoms with van der Waals surface area (Å²) in [7, 11) is 0. The molecule has 0 aromatic heterocycles. The van der Waals surface area contributed by atoms with E-state index in [0.29, 0.717) is 0 Å². The minimum Gasteiger partial charge on any atom is -0.312 e. The van der Waals surface area contributed by atoms with Gasteiger partial charge < -0.3 is 10.2 Å². The lowest BCUT2D eigenvalue weighted by Crippen LogP contribution is -2.43. The number of hydrogen-bond acceptors (Lipinski definition) is 2. The number of rotatable bonds is 4. The van der Waals surface area contributed by atoms with Crippen LogP contribution in [0.15, 0.2) is 24.4 Å². The van der Waals surface area contributed by atoms with Gasteiger partial charge in [-0.05, 0) is 32.4 Å². The van der Waals surface area contributed by atoms with Crippen molar-refractivity contribution in [3.63, 3.8) is 0 Å². The minimum atomic E-state index is -4.83. The maximum Gasteiger partial charge on any atom is 0.471 e. The third kappa shape index (κ3) is 4.52. The molecule has 102 valence electrons. The monoisotopic (exact) mass is 262 g/mol. The fraction of sp³-hybridized carbons (Fsp3) is 0.583. The van der Waals surface area contributed by atoms with Crippen LogP contribution in [-0.2, 0) is 4.79 Å². The van der Waals surface area contributed by atoms with Gasteiger partial charge in [0, 0.05) is 18.8 Å². The van der Waals surface area contributed by atoms with Crippen molar-refractivity contribution >= 4 is 5.91 Å². The molecule has 1 N–H and O–H groups in total. The van der Waals surface area contributed by atoms with Crippen molar-refractivity contribution in [3.8, 4) is 0 Å². The standard InChI is InChI=1S/C12H17F3N2O/c1-2-3-4-8-17(11(18)12(13,14)15)9-10-6-5-7-16-10/h2-4,8,10,16H,5-7,9H2,1H3/b3-2-,8-4-/t10-/m0/s1. The number of allylic oxidation sites excluding steroid dienone is 3. The summed E-state index contributed by atoms with van der Waals surface area (Å²) in [6.45, 7) is 2.59. The van der Waals surface area contributed by atoms with Gasteiger partial charge in [0.15, 0.2) is 0 Å². The molecule has 0 aliphatic carbocycles. The second-order valence-electron chi connectivity index (χ2n) is 4.12. The van der Waals surface area contributed by atoms with E-state index in [0.717, 1.165) is 24.3 Å². The van der Waals surface area contributed by atoms with Crippen molar-refractivity contribution in [2.45, 2.75) is 32.0 Å². The van der Waals surface area contributed by atoms with E-state index in [2.05, 4.69) is 5.32 Å².